The first-order valence-electron chi connectivity index (χ1n) is 4.30. The maximum absolute atomic E-state index is 10.4. The van der Waals surface area contributed by atoms with Gasteiger partial charge in [0.15, 0.2) is 0 Å². The highest BCUT2D eigenvalue weighted by Gasteiger charge is 2.14. The molecule has 0 aromatic carbocycles. The molecule has 1 heterocycles. The van der Waals surface area contributed by atoms with Crippen LogP contribution in [0.3, 0.4) is 0 Å². The molecule has 1 fully saturated rings. The van der Waals surface area contributed by atoms with Crippen molar-refractivity contribution >= 4 is 20.7 Å². The molecule has 3 nitrogen and oxygen atoms in total. The molecule has 3 radical (unpaired) electrons. The van der Waals surface area contributed by atoms with Gasteiger partial charge in [-0.2, -0.15) is 0 Å². The van der Waals surface area contributed by atoms with Gasteiger partial charge in [-0.15, -0.1) is 0 Å². The maximum Gasteiger partial charge on any atom is 0.305 e. The van der Waals surface area contributed by atoms with E-state index in [1.165, 1.54) is 0 Å². The normalized spacial score (nSPS) is 20.2. The molecule has 0 amide bonds. The number of esters is 1. The van der Waals surface area contributed by atoms with Gasteiger partial charge >= 0.3 is 5.97 Å². The van der Waals surface area contributed by atoms with E-state index < -0.39 is 0 Å². The molecule has 0 N–H and O–H groups in total. The summed E-state index contributed by atoms with van der Waals surface area (Å²) in [4.78, 5) is 19.6. The Kier molecular flexibility index (Phi) is 10.5. The smallest absolute Gasteiger partial charge is 0.305 e. The lowest BCUT2D eigenvalue weighted by molar-refractivity contribution is -0.149. The van der Waals surface area contributed by atoms with E-state index >= 15 is 0 Å². The quantitative estimate of drug-likeness (QED) is 0.348. The van der Waals surface area contributed by atoms with Gasteiger partial charge < -0.3 is 9.53 Å². The second kappa shape index (κ2) is 9.29. The van der Waals surface area contributed by atoms with Gasteiger partial charge in [-0.05, 0) is 12.3 Å². The SMILES string of the molecule is CC1CCC(=O)OC1.CCC=O.[B]. The van der Waals surface area contributed by atoms with E-state index in [0.29, 0.717) is 25.4 Å². The lowest BCUT2D eigenvalue weighted by Gasteiger charge is -2.16. The fraction of sp³-hybridized carbons (Fsp3) is 0.778. The monoisotopic (exact) mass is 183 g/mol. The molecule has 13 heavy (non-hydrogen) atoms. The minimum atomic E-state index is -0.0388. The van der Waals surface area contributed by atoms with E-state index in [-0.39, 0.29) is 14.4 Å². The molecule has 73 valence electrons. The first-order valence-corrected chi connectivity index (χ1v) is 4.30. The number of hydrogen-bond donors (Lipinski definition) is 0. The summed E-state index contributed by atoms with van der Waals surface area (Å²) in [6, 6.07) is 0. The van der Waals surface area contributed by atoms with E-state index in [9.17, 15) is 9.59 Å². The summed E-state index contributed by atoms with van der Waals surface area (Å²) < 4.78 is 4.75. The Bertz CT molecular complexity index is 138. The Morgan fingerprint density at radius 1 is 1.62 bits per heavy atom. The van der Waals surface area contributed by atoms with Crippen LogP contribution in [-0.2, 0) is 14.3 Å². The number of rotatable bonds is 1. The first-order chi connectivity index (χ1) is 5.70. The Morgan fingerprint density at radius 2 is 2.15 bits per heavy atom. The van der Waals surface area contributed by atoms with Crippen LogP contribution in [0.1, 0.15) is 33.1 Å². The summed E-state index contributed by atoms with van der Waals surface area (Å²) in [7, 11) is 0. The number of ether oxygens (including phenoxy) is 1. The third kappa shape index (κ3) is 9.12. The Morgan fingerprint density at radius 3 is 2.38 bits per heavy atom. The molecule has 0 aliphatic carbocycles. The zero-order valence-corrected chi connectivity index (χ0v) is 8.29. The number of carbonyl (C=O) groups excluding carboxylic acids is 2. The van der Waals surface area contributed by atoms with Crippen LogP contribution in [0.25, 0.3) is 0 Å². The topological polar surface area (TPSA) is 43.4 Å². The standard InChI is InChI=1S/C6H10O2.C3H6O.B/c1-5-2-3-6(7)8-4-5;1-2-3-4;/h5H,2-4H2,1H3;3H,2H2,1H3;. The van der Waals surface area contributed by atoms with Crippen molar-refractivity contribution in [3.63, 3.8) is 0 Å². The van der Waals surface area contributed by atoms with Crippen molar-refractivity contribution in [3.05, 3.63) is 0 Å². The molecular weight excluding hydrogens is 167 g/mol. The lowest BCUT2D eigenvalue weighted by Crippen LogP contribution is -2.18. The molecule has 0 spiro atoms. The Hall–Kier alpha value is -0.795. The average molecular weight is 183 g/mol. The van der Waals surface area contributed by atoms with Crippen LogP contribution in [-0.4, -0.2) is 27.3 Å². The summed E-state index contributed by atoms with van der Waals surface area (Å²) in [5, 5.41) is 0. The van der Waals surface area contributed by atoms with Gasteiger partial charge in [-0.1, -0.05) is 13.8 Å². The van der Waals surface area contributed by atoms with Crippen molar-refractivity contribution in [1.29, 1.82) is 0 Å². The molecule has 1 aliphatic heterocycles. The number of aldehydes is 1. The van der Waals surface area contributed by atoms with E-state index in [4.69, 9.17) is 4.74 Å². The van der Waals surface area contributed by atoms with E-state index in [1.54, 1.807) is 0 Å². The van der Waals surface area contributed by atoms with Crippen LogP contribution in [0.5, 0.6) is 0 Å². The fourth-order valence-corrected chi connectivity index (χ4v) is 0.755. The molecule has 1 unspecified atom stereocenters. The summed E-state index contributed by atoms with van der Waals surface area (Å²) in [5.74, 6) is 0.538. The van der Waals surface area contributed by atoms with Gasteiger partial charge in [0.05, 0.1) is 6.61 Å². The van der Waals surface area contributed by atoms with Crippen LogP contribution in [0.4, 0.5) is 0 Å². The van der Waals surface area contributed by atoms with Crippen molar-refractivity contribution in [3.8, 4) is 0 Å². The molecule has 0 aromatic heterocycles. The van der Waals surface area contributed by atoms with Crippen LogP contribution < -0.4 is 0 Å². The summed E-state index contributed by atoms with van der Waals surface area (Å²) in [6.45, 7) is 4.53. The van der Waals surface area contributed by atoms with Crippen molar-refractivity contribution in [2.45, 2.75) is 33.1 Å². The largest absolute Gasteiger partial charge is 0.465 e. The third-order valence-electron chi connectivity index (χ3n) is 1.54. The average Bonchev–Trinajstić information content (AvgIpc) is 2.11. The predicted octanol–water partition coefficient (Wildman–Crippen LogP) is 1.17. The van der Waals surface area contributed by atoms with Crippen LogP contribution in [0, 0.1) is 5.92 Å². The zero-order valence-electron chi connectivity index (χ0n) is 8.29. The molecule has 0 bridgehead atoms. The van der Waals surface area contributed by atoms with Crippen LogP contribution >= 0.6 is 0 Å². The minimum Gasteiger partial charge on any atom is -0.465 e. The van der Waals surface area contributed by atoms with Gasteiger partial charge in [-0.25, -0.2) is 0 Å². The Balaban J connectivity index is 0. The van der Waals surface area contributed by atoms with Gasteiger partial charge in [0.2, 0.25) is 0 Å². The van der Waals surface area contributed by atoms with Crippen molar-refractivity contribution < 1.29 is 14.3 Å². The molecule has 0 aromatic rings. The number of carbonyl (C=O) groups is 2. The number of cyclic esters (lactones) is 1. The predicted molar refractivity (Wildman–Crippen MR) is 51.5 cm³/mol. The molecule has 0 saturated carbocycles. The zero-order chi connectivity index (χ0) is 9.40. The van der Waals surface area contributed by atoms with Gasteiger partial charge in [0.1, 0.15) is 6.29 Å². The first kappa shape index (κ1) is 14.7. The van der Waals surface area contributed by atoms with Crippen LogP contribution in [0.2, 0.25) is 0 Å². The summed E-state index contributed by atoms with van der Waals surface area (Å²) in [6.07, 6.45) is 3.12. The lowest BCUT2D eigenvalue weighted by atomic mass is 10.1. The molecule has 1 atom stereocenters. The number of hydrogen-bond acceptors (Lipinski definition) is 3. The van der Waals surface area contributed by atoms with E-state index in [2.05, 4.69) is 6.92 Å². The van der Waals surface area contributed by atoms with Crippen molar-refractivity contribution in [2.75, 3.05) is 6.61 Å². The van der Waals surface area contributed by atoms with Gasteiger partial charge in [0.25, 0.3) is 0 Å². The minimum absolute atomic E-state index is 0. The molecule has 1 saturated heterocycles. The second-order valence-corrected chi connectivity index (χ2v) is 2.90. The fourth-order valence-electron chi connectivity index (χ4n) is 0.755. The molecule has 1 rings (SSSR count). The highest BCUT2D eigenvalue weighted by molar-refractivity contribution is 5.75. The highest BCUT2D eigenvalue weighted by atomic mass is 16.5. The summed E-state index contributed by atoms with van der Waals surface area (Å²) in [5.41, 5.74) is 0. The molecule has 1 aliphatic rings. The second-order valence-electron chi connectivity index (χ2n) is 2.90. The third-order valence-corrected chi connectivity index (χ3v) is 1.54. The van der Waals surface area contributed by atoms with Crippen molar-refractivity contribution in [2.24, 2.45) is 5.92 Å². The van der Waals surface area contributed by atoms with Crippen molar-refractivity contribution in [1.82, 2.24) is 0 Å². The Labute approximate surface area is 81.4 Å². The van der Waals surface area contributed by atoms with Gasteiger partial charge in [0, 0.05) is 21.3 Å². The summed E-state index contributed by atoms with van der Waals surface area (Å²) >= 11 is 0. The molecular formula is C9H16BO3. The molecule has 4 heteroatoms. The van der Waals surface area contributed by atoms with E-state index in [1.807, 2.05) is 6.92 Å². The maximum atomic E-state index is 10.4. The van der Waals surface area contributed by atoms with E-state index in [0.717, 1.165) is 12.7 Å². The van der Waals surface area contributed by atoms with Gasteiger partial charge in [-0.3, -0.25) is 4.79 Å². The van der Waals surface area contributed by atoms with Crippen LogP contribution in [0.15, 0.2) is 0 Å². The highest BCUT2D eigenvalue weighted by Crippen LogP contribution is 2.12.